The zero-order chi connectivity index (χ0) is 17.8. The minimum Gasteiger partial charge on any atom is -0.338 e. The molecule has 0 saturated carbocycles. The average Bonchev–Trinajstić information content (AvgIpc) is 3.04. The van der Waals surface area contributed by atoms with Gasteiger partial charge in [0.05, 0.1) is 5.02 Å². The van der Waals surface area contributed by atoms with Crippen molar-refractivity contribution < 1.29 is 14.4 Å². The lowest BCUT2D eigenvalue weighted by atomic mass is 9.87. The van der Waals surface area contributed by atoms with Crippen LogP contribution in [0.1, 0.15) is 22.5 Å². The van der Waals surface area contributed by atoms with Gasteiger partial charge in [-0.1, -0.05) is 29.3 Å². The Bertz CT molecular complexity index is 919. The van der Waals surface area contributed by atoms with E-state index >= 15 is 0 Å². The van der Waals surface area contributed by atoms with E-state index in [-0.39, 0.29) is 11.8 Å². The maximum absolute atomic E-state index is 12.9. The summed E-state index contributed by atoms with van der Waals surface area (Å²) in [5.74, 6) is -0.485. The SMILES string of the molecule is O=C1NC(=O)C2(CCN(C(=O)c3sc4cc(Cl)ccc4c3Cl)CC2)N1. The van der Waals surface area contributed by atoms with Crippen molar-refractivity contribution >= 4 is 62.5 Å². The highest BCUT2D eigenvalue weighted by Gasteiger charge is 2.48. The summed E-state index contributed by atoms with van der Waals surface area (Å²) in [5, 5.41) is 6.76. The first-order valence-electron chi connectivity index (χ1n) is 7.70. The molecule has 4 rings (SSSR count). The lowest BCUT2D eigenvalue weighted by molar-refractivity contribution is -0.125. The summed E-state index contributed by atoms with van der Waals surface area (Å²) in [6.45, 7) is 0.746. The number of piperidine rings is 1. The molecular formula is C16H13Cl2N3O3S. The second kappa shape index (κ2) is 5.86. The van der Waals surface area contributed by atoms with Crippen molar-refractivity contribution in [1.82, 2.24) is 15.5 Å². The Hall–Kier alpha value is -1.83. The third-order valence-corrected chi connectivity index (χ3v) is 6.58. The van der Waals surface area contributed by atoms with Crippen molar-refractivity contribution in [3.8, 4) is 0 Å². The van der Waals surface area contributed by atoms with E-state index < -0.39 is 11.6 Å². The summed E-state index contributed by atoms with van der Waals surface area (Å²) in [6, 6.07) is 4.85. The third kappa shape index (κ3) is 2.67. The number of amides is 4. The molecule has 9 heteroatoms. The van der Waals surface area contributed by atoms with Gasteiger partial charge in [-0.15, -0.1) is 11.3 Å². The fourth-order valence-electron chi connectivity index (χ4n) is 3.29. The van der Waals surface area contributed by atoms with Gasteiger partial charge in [0.1, 0.15) is 10.4 Å². The molecule has 2 saturated heterocycles. The van der Waals surface area contributed by atoms with Crippen LogP contribution >= 0.6 is 34.5 Å². The van der Waals surface area contributed by atoms with Crippen molar-refractivity contribution in [2.24, 2.45) is 0 Å². The molecule has 0 bridgehead atoms. The van der Waals surface area contributed by atoms with E-state index in [0.29, 0.717) is 40.9 Å². The van der Waals surface area contributed by atoms with Gasteiger partial charge in [0.25, 0.3) is 11.8 Å². The first-order chi connectivity index (χ1) is 11.9. The number of thiophene rings is 1. The summed E-state index contributed by atoms with van der Waals surface area (Å²) in [4.78, 5) is 38.4. The summed E-state index contributed by atoms with van der Waals surface area (Å²) in [5.41, 5.74) is -0.897. The third-order valence-electron chi connectivity index (χ3n) is 4.70. The van der Waals surface area contributed by atoms with E-state index in [1.165, 1.54) is 11.3 Å². The second-order valence-corrected chi connectivity index (χ2v) is 8.03. The zero-order valence-corrected chi connectivity index (χ0v) is 15.2. The minimum atomic E-state index is -0.897. The first kappa shape index (κ1) is 16.6. The highest BCUT2D eigenvalue weighted by Crippen LogP contribution is 2.38. The lowest BCUT2D eigenvalue weighted by Crippen LogP contribution is -2.55. The number of fused-ring (bicyclic) bond motifs is 1. The van der Waals surface area contributed by atoms with Crippen LogP contribution in [-0.2, 0) is 4.79 Å². The van der Waals surface area contributed by atoms with Gasteiger partial charge in [0.2, 0.25) is 0 Å². The van der Waals surface area contributed by atoms with Crippen LogP contribution in [0, 0.1) is 0 Å². The molecule has 0 aliphatic carbocycles. The number of urea groups is 1. The minimum absolute atomic E-state index is 0.165. The van der Waals surface area contributed by atoms with Crippen LogP contribution in [0.2, 0.25) is 10.0 Å². The molecule has 3 heterocycles. The number of halogens is 2. The molecule has 2 aliphatic heterocycles. The van der Waals surface area contributed by atoms with Gasteiger partial charge in [-0.3, -0.25) is 14.9 Å². The number of nitrogens with one attached hydrogen (secondary N) is 2. The van der Waals surface area contributed by atoms with Crippen molar-refractivity contribution in [2.75, 3.05) is 13.1 Å². The number of benzene rings is 1. The van der Waals surface area contributed by atoms with Gasteiger partial charge >= 0.3 is 6.03 Å². The molecule has 0 atom stereocenters. The maximum Gasteiger partial charge on any atom is 0.322 e. The number of carbonyl (C=O) groups is 3. The van der Waals surface area contributed by atoms with Gasteiger partial charge in [-0.2, -0.15) is 0 Å². The Morgan fingerprint density at radius 1 is 1.20 bits per heavy atom. The molecule has 2 aromatic rings. The van der Waals surface area contributed by atoms with Crippen LogP contribution in [0.25, 0.3) is 10.1 Å². The Balaban J connectivity index is 1.56. The van der Waals surface area contributed by atoms with Gasteiger partial charge in [-0.05, 0) is 25.0 Å². The number of nitrogens with zero attached hydrogens (tertiary/aromatic N) is 1. The molecule has 6 nitrogen and oxygen atoms in total. The Morgan fingerprint density at radius 3 is 2.56 bits per heavy atom. The van der Waals surface area contributed by atoms with Gasteiger partial charge in [0, 0.05) is 28.2 Å². The molecule has 0 unspecified atom stereocenters. The number of hydrogen-bond acceptors (Lipinski definition) is 4. The van der Waals surface area contributed by atoms with E-state index in [4.69, 9.17) is 23.2 Å². The van der Waals surface area contributed by atoms with Crippen molar-refractivity contribution in [2.45, 2.75) is 18.4 Å². The van der Waals surface area contributed by atoms with Crippen LogP contribution in [0.3, 0.4) is 0 Å². The molecule has 1 spiro atoms. The lowest BCUT2D eigenvalue weighted by Gasteiger charge is -2.36. The molecule has 2 N–H and O–H groups in total. The molecule has 4 amide bonds. The van der Waals surface area contributed by atoms with Crippen LogP contribution in [-0.4, -0.2) is 41.4 Å². The van der Waals surface area contributed by atoms with E-state index in [1.54, 1.807) is 23.1 Å². The first-order valence-corrected chi connectivity index (χ1v) is 9.27. The number of carbonyl (C=O) groups excluding carboxylic acids is 3. The average molecular weight is 398 g/mol. The number of rotatable bonds is 1. The van der Waals surface area contributed by atoms with Gasteiger partial charge in [-0.25, -0.2) is 4.79 Å². The molecule has 2 aliphatic rings. The monoisotopic (exact) mass is 397 g/mol. The highest BCUT2D eigenvalue weighted by molar-refractivity contribution is 7.21. The quantitative estimate of drug-likeness (QED) is 0.725. The Morgan fingerprint density at radius 2 is 1.92 bits per heavy atom. The largest absolute Gasteiger partial charge is 0.338 e. The van der Waals surface area contributed by atoms with Crippen LogP contribution in [0.5, 0.6) is 0 Å². The van der Waals surface area contributed by atoms with E-state index in [1.807, 2.05) is 0 Å². The molecular weight excluding hydrogens is 385 g/mol. The maximum atomic E-state index is 12.9. The fourth-order valence-corrected chi connectivity index (χ4v) is 5.05. The molecule has 130 valence electrons. The Labute approximate surface area is 157 Å². The molecule has 25 heavy (non-hydrogen) atoms. The standard InChI is InChI=1S/C16H13Cl2N3O3S/c17-8-1-2-9-10(7-8)25-12(11(9)18)13(22)21-5-3-16(4-6-21)14(23)19-15(24)20-16/h1-2,7H,3-6H2,(H2,19,20,23,24). The van der Waals surface area contributed by atoms with Crippen molar-refractivity contribution in [3.05, 3.63) is 33.1 Å². The topological polar surface area (TPSA) is 78.5 Å². The van der Waals surface area contributed by atoms with E-state index in [0.717, 1.165) is 10.1 Å². The summed E-state index contributed by atoms with van der Waals surface area (Å²) in [7, 11) is 0. The van der Waals surface area contributed by atoms with Crippen LogP contribution in [0.15, 0.2) is 18.2 Å². The Kier molecular flexibility index (Phi) is 3.90. The van der Waals surface area contributed by atoms with Crippen molar-refractivity contribution in [1.29, 1.82) is 0 Å². The van der Waals surface area contributed by atoms with Gasteiger partial charge in [0.15, 0.2) is 0 Å². The van der Waals surface area contributed by atoms with E-state index in [9.17, 15) is 14.4 Å². The molecule has 0 radical (unpaired) electrons. The predicted molar refractivity (Wildman–Crippen MR) is 96.4 cm³/mol. The second-order valence-electron chi connectivity index (χ2n) is 6.17. The van der Waals surface area contributed by atoms with Crippen LogP contribution in [0.4, 0.5) is 4.79 Å². The predicted octanol–water partition coefficient (Wildman–Crippen LogP) is 3.02. The zero-order valence-electron chi connectivity index (χ0n) is 12.9. The van der Waals surface area contributed by atoms with Crippen molar-refractivity contribution in [3.63, 3.8) is 0 Å². The summed E-state index contributed by atoms with van der Waals surface area (Å²) >= 11 is 13.7. The number of imide groups is 1. The van der Waals surface area contributed by atoms with E-state index in [2.05, 4.69) is 10.6 Å². The molecule has 1 aromatic carbocycles. The highest BCUT2D eigenvalue weighted by atomic mass is 35.5. The van der Waals surface area contributed by atoms with Gasteiger partial charge < -0.3 is 10.2 Å². The molecule has 2 fully saturated rings. The van der Waals surface area contributed by atoms with Crippen LogP contribution < -0.4 is 10.6 Å². The summed E-state index contributed by atoms with van der Waals surface area (Å²) < 4.78 is 0.858. The smallest absolute Gasteiger partial charge is 0.322 e. The molecule has 1 aromatic heterocycles. The normalized spacial score (nSPS) is 19.4. The summed E-state index contributed by atoms with van der Waals surface area (Å²) in [6.07, 6.45) is 0.759. The number of likely N-dealkylation sites (tertiary alicyclic amines) is 1. The number of hydrogen-bond donors (Lipinski definition) is 2. The fraction of sp³-hybridized carbons (Fsp3) is 0.312.